The molecule has 0 radical (unpaired) electrons. The van der Waals surface area contributed by atoms with Gasteiger partial charge in [0.2, 0.25) is 0 Å². The number of hydrogen-bond donors (Lipinski definition) is 2. The number of nitrogens with two attached hydrogens (primary N) is 1. The van der Waals surface area contributed by atoms with Crippen molar-refractivity contribution in [2.45, 2.75) is 6.92 Å². The molecule has 5 heteroatoms. The monoisotopic (exact) mass is 241 g/mol. The first kappa shape index (κ1) is 13.5. The van der Waals surface area contributed by atoms with Gasteiger partial charge in [0.25, 0.3) is 0 Å². The fourth-order valence-corrected chi connectivity index (χ4v) is 1.09. The van der Waals surface area contributed by atoms with Crippen molar-refractivity contribution in [3.63, 3.8) is 0 Å². The summed E-state index contributed by atoms with van der Waals surface area (Å²) in [6, 6.07) is 7.26. The number of pyridine rings is 2. The van der Waals surface area contributed by atoms with Gasteiger partial charge in [-0.1, -0.05) is 0 Å². The van der Waals surface area contributed by atoms with Gasteiger partial charge in [0.1, 0.15) is 11.9 Å². The molecule has 0 aromatic carbocycles. The van der Waals surface area contributed by atoms with Gasteiger partial charge in [0, 0.05) is 31.3 Å². The lowest BCUT2D eigenvalue weighted by molar-refractivity contribution is 1.27. The molecule has 0 bridgehead atoms. The van der Waals surface area contributed by atoms with Gasteiger partial charge in [0.15, 0.2) is 0 Å². The number of anilines is 2. The van der Waals surface area contributed by atoms with Gasteiger partial charge in [-0.3, -0.25) is 4.98 Å². The Morgan fingerprint density at radius 3 is 2.44 bits per heavy atom. The third-order valence-electron chi connectivity index (χ3n) is 2.21. The highest BCUT2D eigenvalue weighted by Crippen LogP contribution is 2.04. The van der Waals surface area contributed by atoms with Crippen LogP contribution in [0.5, 0.6) is 0 Å². The minimum absolute atomic E-state index is 0.582. The lowest BCUT2D eigenvalue weighted by atomic mass is 10.3. The van der Waals surface area contributed by atoms with Gasteiger partial charge < -0.3 is 11.1 Å². The molecule has 3 N–H and O–H groups in total. The first-order chi connectivity index (χ1) is 8.67. The first-order valence-corrected chi connectivity index (χ1v) is 5.37. The van der Waals surface area contributed by atoms with Crippen molar-refractivity contribution in [1.82, 2.24) is 9.97 Å². The SMILES string of the molecule is CNc1ccc(C#N)cn1.Cc1cnccc1N. The summed E-state index contributed by atoms with van der Waals surface area (Å²) in [6.07, 6.45) is 4.96. The molecule has 0 atom stereocenters. The maximum Gasteiger partial charge on any atom is 0.125 e. The Labute approximate surface area is 106 Å². The molecular weight excluding hydrogens is 226 g/mol. The van der Waals surface area contributed by atoms with Crippen LogP contribution in [0.3, 0.4) is 0 Å². The van der Waals surface area contributed by atoms with Crippen LogP contribution in [0, 0.1) is 18.3 Å². The van der Waals surface area contributed by atoms with E-state index >= 15 is 0 Å². The van der Waals surface area contributed by atoms with E-state index in [2.05, 4.69) is 15.3 Å². The van der Waals surface area contributed by atoms with Crippen molar-refractivity contribution in [2.24, 2.45) is 0 Å². The number of nitrogen functional groups attached to an aromatic ring is 1. The zero-order chi connectivity index (χ0) is 13.4. The zero-order valence-corrected chi connectivity index (χ0v) is 10.4. The van der Waals surface area contributed by atoms with Gasteiger partial charge in [-0.05, 0) is 30.7 Å². The number of nitriles is 1. The maximum absolute atomic E-state index is 8.39. The van der Waals surface area contributed by atoms with Crippen molar-refractivity contribution in [2.75, 3.05) is 18.1 Å². The second kappa shape index (κ2) is 6.86. The van der Waals surface area contributed by atoms with Crippen LogP contribution in [0.15, 0.2) is 36.8 Å². The molecule has 0 amide bonds. The summed E-state index contributed by atoms with van der Waals surface area (Å²) >= 11 is 0. The van der Waals surface area contributed by atoms with Crippen molar-refractivity contribution in [3.05, 3.63) is 47.9 Å². The standard InChI is InChI=1S/C7H7N3.C6H8N2/c1-9-7-3-2-6(4-8)5-10-7;1-5-4-8-3-2-6(5)7/h2-3,5H,1H3,(H,9,10);2-4H,1H3,(H2,7,8). The van der Waals surface area contributed by atoms with Gasteiger partial charge in [0.05, 0.1) is 5.56 Å². The largest absolute Gasteiger partial charge is 0.398 e. The minimum Gasteiger partial charge on any atom is -0.398 e. The van der Waals surface area contributed by atoms with E-state index in [4.69, 9.17) is 11.0 Å². The summed E-state index contributed by atoms with van der Waals surface area (Å²) in [5.41, 5.74) is 7.90. The number of nitrogens with zero attached hydrogens (tertiary/aromatic N) is 3. The van der Waals surface area contributed by atoms with E-state index in [0.29, 0.717) is 5.56 Å². The molecule has 0 unspecified atom stereocenters. The smallest absolute Gasteiger partial charge is 0.125 e. The van der Waals surface area contributed by atoms with E-state index in [9.17, 15) is 0 Å². The molecule has 2 rings (SSSR count). The summed E-state index contributed by atoms with van der Waals surface area (Å²) < 4.78 is 0. The van der Waals surface area contributed by atoms with Crippen LogP contribution in [-0.4, -0.2) is 17.0 Å². The molecule has 92 valence electrons. The molecule has 0 fully saturated rings. The maximum atomic E-state index is 8.39. The molecule has 2 heterocycles. The lowest BCUT2D eigenvalue weighted by Crippen LogP contribution is -1.90. The molecule has 0 aliphatic carbocycles. The molecular formula is C13H15N5. The fourth-order valence-electron chi connectivity index (χ4n) is 1.09. The van der Waals surface area contributed by atoms with Crippen LogP contribution in [0.4, 0.5) is 11.5 Å². The number of nitrogens with one attached hydrogen (secondary N) is 1. The van der Waals surface area contributed by atoms with Crippen LogP contribution >= 0.6 is 0 Å². The van der Waals surface area contributed by atoms with E-state index in [1.165, 1.54) is 6.20 Å². The third-order valence-corrected chi connectivity index (χ3v) is 2.21. The van der Waals surface area contributed by atoms with Crippen LogP contribution in [0.2, 0.25) is 0 Å². The lowest BCUT2D eigenvalue weighted by Gasteiger charge is -1.95. The second-order valence-electron chi connectivity index (χ2n) is 3.53. The fraction of sp³-hybridized carbons (Fsp3) is 0.154. The van der Waals surface area contributed by atoms with E-state index in [0.717, 1.165) is 17.1 Å². The number of hydrogen-bond acceptors (Lipinski definition) is 5. The predicted octanol–water partition coefficient (Wildman–Crippen LogP) is 1.97. The molecule has 0 saturated carbocycles. The Balaban J connectivity index is 0.000000184. The summed E-state index contributed by atoms with van der Waals surface area (Å²) in [7, 11) is 1.79. The molecule has 2 aromatic rings. The molecule has 0 aliphatic rings. The molecule has 5 nitrogen and oxygen atoms in total. The van der Waals surface area contributed by atoms with E-state index in [-0.39, 0.29) is 0 Å². The Morgan fingerprint density at radius 1 is 1.28 bits per heavy atom. The van der Waals surface area contributed by atoms with Crippen LogP contribution in [0.1, 0.15) is 11.1 Å². The number of rotatable bonds is 1. The predicted molar refractivity (Wildman–Crippen MR) is 71.9 cm³/mol. The highest BCUT2D eigenvalue weighted by molar-refractivity contribution is 5.42. The molecule has 18 heavy (non-hydrogen) atoms. The van der Waals surface area contributed by atoms with E-state index < -0.39 is 0 Å². The summed E-state index contributed by atoms with van der Waals surface area (Å²) in [4.78, 5) is 7.80. The average Bonchev–Trinajstić information content (AvgIpc) is 2.43. The van der Waals surface area contributed by atoms with Crippen molar-refractivity contribution < 1.29 is 0 Å². The third kappa shape index (κ3) is 4.10. The quantitative estimate of drug-likeness (QED) is 0.797. The zero-order valence-electron chi connectivity index (χ0n) is 10.4. The van der Waals surface area contributed by atoms with Crippen molar-refractivity contribution in [3.8, 4) is 6.07 Å². The summed E-state index contributed by atoms with van der Waals surface area (Å²) in [6.45, 7) is 1.93. The van der Waals surface area contributed by atoms with E-state index in [1.54, 1.807) is 37.6 Å². The average molecular weight is 241 g/mol. The second-order valence-corrected chi connectivity index (χ2v) is 3.53. The highest BCUT2D eigenvalue weighted by atomic mass is 14.9. The van der Waals surface area contributed by atoms with Gasteiger partial charge in [-0.15, -0.1) is 0 Å². The molecule has 0 saturated heterocycles. The Kier molecular flexibility index (Phi) is 5.13. The van der Waals surface area contributed by atoms with Crippen molar-refractivity contribution in [1.29, 1.82) is 5.26 Å². The van der Waals surface area contributed by atoms with Crippen LogP contribution in [-0.2, 0) is 0 Å². The van der Waals surface area contributed by atoms with Crippen molar-refractivity contribution >= 4 is 11.5 Å². The van der Waals surface area contributed by atoms with Crippen LogP contribution in [0.25, 0.3) is 0 Å². The van der Waals surface area contributed by atoms with Gasteiger partial charge in [-0.2, -0.15) is 5.26 Å². The molecule has 0 aliphatic heterocycles. The van der Waals surface area contributed by atoms with Crippen LogP contribution < -0.4 is 11.1 Å². The number of aromatic nitrogens is 2. The Bertz CT molecular complexity index is 507. The highest BCUT2D eigenvalue weighted by Gasteiger charge is 1.89. The summed E-state index contributed by atoms with van der Waals surface area (Å²) in [5, 5.41) is 11.2. The van der Waals surface area contributed by atoms with Gasteiger partial charge >= 0.3 is 0 Å². The topological polar surface area (TPSA) is 87.6 Å². The Hall–Kier alpha value is -2.61. The molecule has 0 spiro atoms. The Morgan fingerprint density at radius 2 is 2.06 bits per heavy atom. The van der Waals surface area contributed by atoms with E-state index in [1.807, 2.05) is 13.0 Å². The summed E-state index contributed by atoms with van der Waals surface area (Å²) in [5.74, 6) is 0.777. The minimum atomic E-state index is 0.582. The normalized spacial score (nSPS) is 8.72. The first-order valence-electron chi connectivity index (χ1n) is 5.37. The number of aryl methyl sites for hydroxylation is 1. The molecule has 2 aromatic heterocycles. The van der Waals surface area contributed by atoms with Gasteiger partial charge in [-0.25, -0.2) is 4.98 Å².